The Hall–Kier alpha value is -2.47. The lowest BCUT2D eigenvalue weighted by Crippen LogP contribution is -2.18. The topological polar surface area (TPSA) is 54.6 Å². The highest BCUT2D eigenvalue weighted by molar-refractivity contribution is 8.18. The van der Waals surface area contributed by atoms with Crippen LogP contribution >= 0.6 is 35.0 Å². The number of nitrogens with one attached hydrogen (secondary N) is 1. The Morgan fingerprint density at radius 1 is 1.07 bits per heavy atom. The fourth-order valence-corrected chi connectivity index (χ4v) is 3.99. The summed E-state index contributed by atoms with van der Waals surface area (Å²) in [6.07, 6.45) is 1.78. The first-order valence-electron chi connectivity index (χ1n) is 8.39. The summed E-state index contributed by atoms with van der Waals surface area (Å²) in [5.41, 5.74) is 2.65. The Kier molecular flexibility index (Phi) is 5.31. The number of furan rings is 1. The van der Waals surface area contributed by atoms with Crippen molar-refractivity contribution >= 4 is 57.8 Å². The van der Waals surface area contributed by atoms with Crippen LogP contribution in [0.5, 0.6) is 0 Å². The Morgan fingerprint density at radius 3 is 2.61 bits per heavy atom. The van der Waals surface area contributed by atoms with Gasteiger partial charge in [0.05, 0.1) is 10.6 Å². The van der Waals surface area contributed by atoms with Gasteiger partial charge in [-0.3, -0.25) is 4.79 Å². The van der Waals surface area contributed by atoms with Crippen LogP contribution in [0.25, 0.3) is 17.4 Å². The third-order valence-corrected chi connectivity index (χ3v) is 5.20. The second-order valence-corrected chi connectivity index (χ2v) is 8.07. The molecule has 28 heavy (non-hydrogen) atoms. The Labute approximate surface area is 176 Å². The summed E-state index contributed by atoms with van der Waals surface area (Å²) < 4.78 is 5.89. The van der Waals surface area contributed by atoms with Crippen LogP contribution in [0.3, 0.4) is 0 Å². The minimum Gasteiger partial charge on any atom is -0.457 e. The van der Waals surface area contributed by atoms with Crippen LogP contribution < -0.4 is 5.32 Å². The summed E-state index contributed by atoms with van der Waals surface area (Å²) in [7, 11) is 0. The number of carbonyl (C=O) groups excluding carboxylic acids is 1. The van der Waals surface area contributed by atoms with Crippen LogP contribution in [-0.2, 0) is 0 Å². The third-order valence-electron chi connectivity index (χ3n) is 3.95. The number of amides is 1. The van der Waals surface area contributed by atoms with Gasteiger partial charge in [-0.05, 0) is 72.8 Å². The van der Waals surface area contributed by atoms with Gasteiger partial charge in [-0.25, -0.2) is 4.99 Å². The standard InChI is InChI=1S/C21H14Cl2N2O2S/c1-12-3-2-4-16(7-12)24-20-19(28-21(26)25-20)11-17-5-6-18(27-17)13-8-14(22)10-15(23)9-13/h2-11H,1H3,(H,24,25,26). The number of rotatable bonds is 3. The zero-order valence-corrected chi connectivity index (χ0v) is 17.0. The van der Waals surface area contributed by atoms with Gasteiger partial charge in [0, 0.05) is 15.6 Å². The summed E-state index contributed by atoms with van der Waals surface area (Å²) in [5, 5.41) is 3.67. The molecule has 2 aromatic carbocycles. The molecule has 0 spiro atoms. The lowest BCUT2D eigenvalue weighted by Gasteiger charge is -2.01. The predicted octanol–water partition coefficient (Wildman–Crippen LogP) is 7.09. The first kappa shape index (κ1) is 18.9. The molecule has 0 atom stereocenters. The van der Waals surface area contributed by atoms with E-state index in [1.54, 1.807) is 24.3 Å². The molecule has 140 valence electrons. The van der Waals surface area contributed by atoms with E-state index in [1.807, 2.05) is 43.3 Å². The highest BCUT2D eigenvalue weighted by Crippen LogP contribution is 2.32. The van der Waals surface area contributed by atoms with Crippen molar-refractivity contribution in [2.24, 2.45) is 4.99 Å². The second-order valence-electron chi connectivity index (χ2n) is 6.18. The van der Waals surface area contributed by atoms with E-state index in [-0.39, 0.29) is 5.24 Å². The summed E-state index contributed by atoms with van der Waals surface area (Å²) in [6.45, 7) is 1.99. The average Bonchev–Trinajstić information content (AvgIpc) is 3.21. The van der Waals surface area contributed by atoms with E-state index in [0.29, 0.717) is 32.3 Å². The molecule has 0 radical (unpaired) electrons. The van der Waals surface area contributed by atoms with Crippen molar-refractivity contribution in [2.75, 3.05) is 0 Å². The molecule has 1 aliphatic heterocycles. The van der Waals surface area contributed by atoms with Crippen molar-refractivity contribution < 1.29 is 9.21 Å². The van der Waals surface area contributed by atoms with Crippen molar-refractivity contribution in [1.29, 1.82) is 0 Å². The van der Waals surface area contributed by atoms with E-state index in [9.17, 15) is 4.79 Å². The van der Waals surface area contributed by atoms with Gasteiger partial charge >= 0.3 is 0 Å². The summed E-state index contributed by atoms with van der Waals surface area (Å²) in [6, 6.07) is 16.6. The van der Waals surface area contributed by atoms with E-state index in [4.69, 9.17) is 27.6 Å². The van der Waals surface area contributed by atoms with Gasteiger partial charge in [0.15, 0.2) is 0 Å². The number of hydrogen-bond acceptors (Lipinski definition) is 4. The second kappa shape index (κ2) is 7.87. The number of hydrogen-bond donors (Lipinski definition) is 1. The van der Waals surface area contributed by atoms with Crippen molar-refractivity contribution in [2.45, 2.75) is 6.92 Å². The molecule has 4 nitrogen and oxygen atoms in total. The molecule has 7 heteroatoms. The van der Waals surface area contributed by atoms with Crippen LogP contribution in [-0.4, -0.2) is 11.1 Å². The number of amidine groups is 1. The normalized spacial score (nSPS) is 16.8. The first-order valence-corrected chi connectivity index (χ1v) is 9.96. The summed E-state index contributed by atoms with van der Waals surface area (Å²) >= 11 is 13.2. The number of halogens is 2. The first-order chi connectivity index (χ1) is 13.5. The van der Waals surface area contributed by atoms with Crippen molar-refractivity contribution in [3.63, 3.8) is 0 Å². The SMILES string of the molecule is Cc1cccc(N=C2NC(=O)SC2=Cc2ccc(-c3cc(Cl)cc(Cl)c3)o2)c1. The molecular formula is C21H14Cl2N2O2S. The Morgan fingerprint density at radius 2 is 1.86 bits per heavy atom. The van der Waals surface area contributed by atoms with Crippen molar-refractivity contribution in [1.82, 2.24) is 5.32 Å². The maximum Gasteiger partial charge on any atom is 0.289 e. The van der Waals surface area contributed by atoms with E-state index in [1.165, 1.54) is 0 Å². The fourth-order valence-electron chi connectivity index (χ4n) is 2.75. The molecule has 0 unspecified atom stereocenters. The number of carbonyl (C=O) groups is 1. The quantitative estimate of drug-likeness (QED) is 0.484. The highest BCUT2D eigenvalue weighted by Gasteiger charge is 2.24. The molecule has 0 saturated carbocycles. The lowest BCUT2D eigenvalue weighted by molar-refractivity contribution is 0.265. The van der Waals surface area contributed by atoms with E-state index in [0.717, 1.165) is 28.6 Å². The highest BCUT2D eigenvalue weighted by atomic mass is 35.5. The largest absolute Gasteiger partial charge is 0.457 e. The molecule has 1 fully saturated rings. The number of thioether (sulfide) groups is 1. The lowest BCUT2D eigenvalue weighted by atomic mass is 10.2. The molecule has 1 amide bonds. The molecule has 2 heterocycles. The monoisotopic (exact) mass is 428 g/mol. The van der Waals surface area contributed by atoms with Gasteiger partial charge in [-0.1, -0.05) is 35.3 Å². The molecule has 1 aliphatic rings. The predicted molar refractivity (Wildman–Crippen MR) is 117 cm³/mol. The fraction of sp³-hybridized carbons (Fsp3) is 0.0476. The van der Waals surface area contributed by atoms with E-state index in [2.05, 4.69) is 10.3 Å². The van der Waals surface area contributed by atoms with Gasteiger partial charge in [0.25, 0.3) is 5.24 Å². The zero-order valence-electron chi connectivity index (χ0n) is 14.7. The molecule has 3 aromatic rings. The smallest absolute Gasteiger partial charge is 0.289 e. The van der Waals surface area contributed by atoms with Crippen LogP contribution in [0, 0.1) is 6.92 Å². The molecule has 4 rings (SSSR count). The minimum absolute atomic E-state index is 0.175. The molecule has 1 aromatic heterocycles. The Balaban J connectivity index is 1.66. The van der Waals surface area contributed by atoms with Gasteiger partial charge < -0.3 is 9.73 Å². The molecule has 0 aliphatic carbocycles. The minimum atomic E-state index is -0.175. The van der Waals surface area contributed by atoms with Gasteiger partial charge in [0.1, 0.15) is 17.4 Å². The van der Waals surface area contributed by atoms with E-state index < -0.39 is 0 Å². The van der Waals surface area contributed by atoms with Crippen LogP contribution in [0.1, 0.15) is 11.3 Å². The zero-order chi connectivity index (χ0) is 19.7. The Bertz CT molecular complexity index is 1110. The molecule has 0 bridgehead atoms. The van der Waals surface area contributed by atoms with Gasteiger partial charge in [0.2, 0.25) is 0 Å². The molecule has 1 N–H and O–H groups in total. The van der Waals surface area contributed by atoms with Gasteiger partial charge in [-0.2, -0.15) is 0 Å². The van der Waals surface area contributed by atoms with E-state index >= 15 is 0 Å². The van der Waals surface area contributed by atoms with Gasteiger partial charge in [-0.15, -0.1) is 0 Å². The van der Waals surface area contributed by atoms with Crippen molar-refractivity contribution in [3.8, 4) is 11.3 Å². The number of aliphatic imine (C=N–C) groups is 1. The van der Waals surface area contributed by atoms with Crippen LogP contribution in [0.15, 0.2) is 68.9 Å². The molecule has 1 saturated heterocycles. The maximum atomic E-state index is 11.9. The average molecular weight is 429 g/mol. The number of nitrogens with zero attached hydrogens (tertiary/aromatic N) is 1. The molecular weight excluding hydrogens is 415 g/mol. The third kappa shape index (κ3) is 4.33. The van der Waals surface area contributed by atoms with Crippen LogP contribution in [0.4, 0.5) is 10.5 Å². The number of aryl methyl sites for hydroxylation is 1. The maximum absolute atomic E-state index is 11.9. The summed E-state index contributed by atoms with van der Waals surface area (Å²) in [5.74, 6) is 1.74. The van der Waals surface area contributed by atoms with Crippen LogP contribution in [0.2, 0.25) is 10.0 Å². The summed E-state index contributed by atoms with van der Waals surface area (Å²) in [4.78, 5) is 17.1. The number of benzene rings is 2. The van der Waals surface area contributed by atoms with Crippen molar-refractivity contribution in [3.05, 3.63) is 80.9 Å².